The van der Waals surface area contributed by atoms with Crippen LogP contribution in [0.4, 0.5) is 0 Å². The normalized spacial score (nSPS) is 16.4. The molecule has 1 aliphatic rings. The minimum absolute atomic E-state index is 0.0129. The highest BCUT2D eigenvalue weighted by molar-refractivity contribution is 5.80. The number of aliphatic carboxylic acids is 3. The SMILES string of the molecule is CC(C)CCCNC(=O)CONC(=O)CCNC(=O)CN1CCN(CC(=O)O)CCN(CC(=O)O)CCN(CC(=O)O)CC1. The van der Waals surface area contributed by atoms with Crippen LogP contribution in [0.5, 0.6) is 0 Å². The third-order valence-electron chi connectivity index (χ3n) is 6.72. The van der Waals surface area contributed by atoms with E-state index in [1.54, 1.807) is 19.6 Å². The Morgan fingerprint density at radius 1 is 0.614 bits per heavy atom. The van der Waals surface area contributed by atoms with E-state index < -0.39 is 23.8 Å². The number of rotatable bonds is 18. The fourth-order valence-corrected chi connectivity index (χ4v) is 4.38. The molecule has 1 heterocycles. The number of hydrogen-bond donors (Lipinski definition) is 6. The van der Waals surface area contributed by atoms with Crippen LogP contribution in [-0.4, -0.2) is 169 Å². The molecule has 1 rings (SSSR count). The van der Waals surface area contributed by atoms with E-state index in [1.165, 1.54) is 0 Å². The first-order chi connectivity index (χ1) is 20.8. The number of nitrogens with zero attached hydrogens (tertiary/aromatic N) is 4. The lowest BCUT2D eigenvalue weighted by Gasteiger charge is -2.32. The number of nitrogens with one attached hydrogen (secondary N) is 3. The van der Waals surface area contributed by atoms with Crippen molar-refractivity contribution < 1.29 is 48.9 Å². The fourth-order valence-electron chi connectivity index (χ4n) is 4.38. The molecule has 0 saturated carbocycles. The lowest BCUT2D eigenvalue weighted by Crippen LogP contribution is -2.50. The van der Waals surface area contributed by atoms with Gasteiger partial charge in [0.05, 0.1) is 26.2 Å². The van der Waals surface area contributed by atoms with Crippen LogP contribution in [0.1, 0.15) is 33.1 Å². The molecule has 0 aromatic rings. The molecule has 6 N–H and O–H groups in total. The Morgan fingerprint density at radius 2 is 1.02 bits per heavy atom. The summed E-state index contributed by atoms with van der Waals surface area (Å²) >= 11 is 0. The van der Waals surface area contributed by atoms with Gasteiger partial charge in [0.15, 0.2) is 6.61 Å². The van der Waals surface area contributed by atoms with Gasteiger partial charge in [-0.25, -0.2) is 5.48 Å². The summed E-state index contributed by atoms with van der Waals surface area (Å²) in [5, 5.41) is 33.2. The average Bonchev–Trinajstić information content (AvgIpc) is 2.91. The molecular formula is C27H49N7O10. The minimum Gasteiger partial charge on any atom is -0.480 e. The third-order valence-corrected chi connectivity index (χ3v) is 6.72. The highest BCUT2D eigenvalue weighted by Gasteiger charge is 2.21. The van der Waals surface area contributed by atoms with E-state index in [4.69, 9.17) is 4.84 Å². The van der Waals surface area contributed by atoms with E-state index in [0.717, 1.165) is 12.8 Å². The predicted octanol–water partition coefficient (Wildman–Crippen LogP) is -2.43. The molecular weight excluding hydrogens is 582 g/mol. The van der Waals surface area contributed by atoms with Gasteiger partial charge in [-0.2, -0.15) is 0 Å². The Bertz CT molecular complexity index is 905. The monoisotopic (exact) mass is 631 g/mol. The predicted molar refractivity (Wildman–Crippen MR) is 157 cm³/mol. The topological polar surface area (TPSA) is 221 Å². The van der Waals surface area contributed by atoms with E-state index in [9.17, 15) is 44.1 Å². The molecule has 0 atom stereocenters. The summed E-state index contributed by atoms with van der Waals surface area (Å²) in [6.45, 7) is 5.81. The van der Waals surface area contributed by atoms with Crippen LogP contribution in [0.25, 0.3) is 0 Å². The number of carboxylic acid groups (broad SMARTS) is 3. The molecule has 0 aromatic carbocycles. The number of carbonyl (C=O) groups is 6. The maximum absolute atomic E-state index is 12.7. The van der Waals surface area contributed by atoms with Crippen molar-refractivity contribution in [3.63, 3.8) is 0 Å². The smallest absolute Gasteiger partial charge is 0.317 e. The van der Waals surface area contributed by atoms with Gasteiger partial charge in [0.25, 0.3) is 0 Å². The molecule has 1 fully saturated rings. The summed E-state index contributed by atoms with van der Waals surface area (Å²) in [7, 11) is 0. The molecule has 0 bridgehead atoms. The van der Waals surface area contributed by atoms with Gasteiger partial charge in [-0.3, -0.25) is 53.2 Å². The number of amides is 3. The average molecular weight is 632 g/mol. The van der Waals surface area contributed by atoms with Crippen molar-refractivity contribution in [2.45, 2.75) is 33.1 Å². The molecule has 252 valence electrons. The van der Waals surface area contributed by atoms with Crippen LogP contribution in [-0.2, 0) is 33.6 Å². The van der Waals surface area contributed by atoms with Gasteiger partial charge in [0.2, 0.25) is 17.7 Å². The molecule has 3 amide bonds. The first kappa shape index (κ1) is 38.6. The maximum Gasteiger partial charge on any atom is 0.317 e. The molecule has 44 heavy (non-hydrogen) atoms. The quantitative estimate of drug-likeness (QED) is 0.0684. The Morgan fingerprint density at radius 3 is 1.43 bits per heavy atom. The van der Waals surface area contributed by atoms with Gasteiger partial charge < -0.3 is 26.0 Å². The van der Waals surface area contributed by atoms with Crippen LogP contribution >= 0.6 is 0 Å². The largest absolute Gasteiger partial charge is 0.480 e. The molecule has 0 unspecified atom stereocenters. The van der Waals surface area contributed by atoms with Gasteiger partial charge in [-0.05, 0) is 18.8 Å². The van der Waals surface area contributed by atoms with Gasteiger partial charge in [0.1, 0.15) is 0 Å². The van der Waals surface area contributed by atoms with Crippen molar-refractivity contribution in [3.05, 3.63) is 0 Å². The first-order valence-corrected chi connectivity index (χ1v) is 14.8. The van der Waals surface area contributed by atoms with Crippen molar-refractivity contribution >= 4 is 35.6 Å². The zero-order valence-corrected chi connectivity index (χ0v) is 25.8. The maximum atomic E-state index is 12.7. The lowest BCUT2D eigenvalue weighted by atomic mass is 10.1. The number of hydroxylamine groups is 1. The third kappa shape index (κ3) is 20.5. The van der Waals surface area contributed by atoms with Gasteiger partial charge in [-0.15, -0.1) is 0 Å². The molecule has 0 spiro atoms. The van der Waals surface area contributed by atoms with E-state index in [1.807, 2.05) is 0 Å². The fraction of sp³-hybridized carbons (Fsp3) is 0.778. The first-order valence-electron chi connectivity index (χ1n) is 14.8. The lowest BCUT2D eigenvalue weighted by molar-refractivity contribution is -0.140. The van der Waals surface area contributed by atoms with Crippen molar-refractivity contribution in [3.8, 4) is 0 Å². The summed E-state index contributed by atoms with van der Waals surface area (Å²) in [4.78, 5) is 82.2. The van der Waals surface area contributed by atoms with Crippen molar-refractivity contribution in [1.82, 2.24) is 35.7 Å². The molecule has 17 heteroatoms. The molecule has 1 saturated heterocycles. The second-order valence-electron chi connectivity index (χ2n) is 11.1. The van der Waals surface area contributed by atoms with E-state index in [2.05, 4.69) is 30.0 Å². The van der Waals surface area contributed by atoms with Crippen LogP contribution in [0.15, 0.2) is 0 Å². The standard InChI is InChI=1S/C27H49N7O10/c1-21(2)4-3-6-28-24(37)20-44-30-22(35)5-7-29-23(36)16-31-8-10-32(17-25(38)39)12-14-34(19-27(42)43)15-13-33(11-9-31)18-26(40)41/h21H,3-20H2,1-2H3,(H,28,37)(H,29,36)(H,30,35)(H,38,39)(H,40,41)(H,42,43). The summed E-state index contributed by atoms with van der Waals surface area (Å²) in [6.07, 6.45) is 1.75. The van der Waals surface area contributed by atoms with Gasteiger partial charge in [-0.1, -0.05) is 13.8 Å². The van der Waals surface area contributed by atoms with Gasteiger partial charge in [0, 0.05) is 71.9 Å². The van der Waals surface area contributed by atoms with Crippen molar-refractivity contribution in [2.75, 3.05) is 98.2 Å². The molecule has 17 nitrogen and oxygen atoms in total. The van der Waals surface area contributed by atoms with E-state index in [-0.39, 0.29) is 96.8 Å². The Balaban J connectivity index is 2.59. The minimum atomic E-state index is -1.04. The highest BCUT2D eigenvalue weighted by Crippen LogP contribution is 2.02. The zero-order chi connectivity index (χ0) is 32.9. The summed E-state index contributed by atoms with van der Waals surface area (Å²) < 4.78 is 0. The van der Waals surface area contributed by atoms with Gasteiger partial charge >= 0.3 is 17.9 Å². The molecule has 0 radical (unpaired) electrons. The zero-order valence-electron chi connectivity index (χ0n) is 25.8. The Kier molecular flexibility index (Phi) is 19.5. The molecule has 0 aliphatic carbocycles. The Hall–Kier alpha value is -3.38. The van der Waals surface area contributed by atoms with E-state index in [0.29, 0.717) is 25.6 Å². The van der Waals surface area contributed by atoms with Crippen molar-refractivity contribution in [1.29, 1.82) is 0 Å². The Labute approximate surface area is 257 Å². The number of carbonyl (C=O) groups excluding carboxylic acids is 3. The van der Waals surface area contributed by atoms with Crippen molar-refractivity contribution in [2.24, 2.45) is 5.92 Å². The summed E-state index contributed by atoms with van der Waals surface area (Å²) in [5.41, 5.74) is 2.17. The summed E-state index contributed by atoms with van der Waals surface area (Å²) in [6, 6.07) is 0. The van der Waals surface area contributed by atoms with Crippen LogP contribution < -0.4 is 16.1 Å². The van der Waals surface area contributed by atoms with Crippen LogP contribution in [0.3, 0.4) is 0 Å². The second-order valence-corrected chi connectivity index (χ2v) is 11.1. The molecule has 0 aromatic heterocycles. The highest BCUT2D eigenvalue weighted by atomic mass is 16.7. The van der Waals surface area contributed by atoms with E-state index >= 15 is 0 Å². The summed E-state index contributed by atoms with van der Waals surface area (Å²) in [5.74, 6) is -3.82. The van der Waals surface area contributed by atoms with Crippen LogP contribution in [0.2, 0.25) is 0 Å². The number of carboxylic acids is 3. The number of hydrogen-bond acceptors (Lipinski definition) is 11. The van der Waals surface area contributed by atoms with Crippen LogP contribution in [0, 0.1) is 5.92 Å². The molecule has 1 aliphatic heterocycles. The second kappa shape index (κ2) is 22.2.